The number of aliphatic hydroxyl groups is 6. The smallest absolute Gasteiger partial charge is 0.314 e. The van der Waals surface area contributed by atoms with Crippen LogP contribution in [0.25, 0.3) is 0 Å². The molecule has 0 aromatic rings. The monoisotopic (exact) mass is 368 g/mol. The molecule has 1 aliphatic rings. The summed E-state index contributed by atoms with van der Waals surface area (Å²) in [7, 11) is 1.37. The lowest BCUT2D eigenvalue weighted by Crippen LogP contribution is -2.60. The van der Waals surface area contributed by atoms with Crippen molar-refractivity contribution in [3.05, 3.63) is 0 Å². The molecule has 0 aliphatic carbocycles. The summed E-state index contributed by atoms with van der Waals surface area (Å²) in [6.07, 6.45) is -9.53. The van der Waals surface area contributed by atoms with Crippen LogP contribution < -0.4 is 10.6 Å². The van der Waals surface area contributed by atoms with Crippen LogP contribution in [0.2, 0.25) is 0 Å². The first-order valence-electron chi connectivity index (χ1n) is 8.03. The van der Waals surface area contributed by atoms with Crippen molar-refractivity contribution in [2.45, 2.75) is 62.3 Å². The van der Waals surface area contributed by atoms with Crippen LogP contribution in [-0.2, 0) is 9.47 Å². The summed E-state index contributed by atoms with van der Waals surface area (Å²) in [5, 5.41) is 63.0. The van der Waals surface area contributed by atoms with E-state index >= 15 is 0 Å². The summed E-state index contributed by atoms with van der Waals surface area (Å²) in [4.78, 5) is 11.5. The van der Waals surface area contributed by atoms with Gasteiger partial charge in [0.25, 0.3) is 0 Å². The van der Waals surface area contributed by atoms with Gasteiger partial charge in [0.2, 0.25) is 0 Å². The standard InChI is InChI=1S/C14H28N2O9/c1-3-7(18)9(19)6(16-14(23)15-2)5-24-13-12(22)11(21)10(20)8(4-17)25-13/h6-13,17-22H,3-5H2,1-2H3,(H2,15,16,23)/t6-,7+,8?,9-,10?,11?,12?,13?/m0/s1. The summed E-state index contributed by atoms with van der Waals surface area (Å²) in [6, 6.07) is -1.66. The first-order chi connectivity index (χ1) is 11.8. The molecule has 0 saturated carbocycles. The van der Waals surface area contributed by atoms with Crippen molar-refractivity contribution in [3.8, 4) is 0 Å². The van der Waals surface area contributed by atoms with E-state index in [1.807, 2.05) is 0 Å². The molecule has 0 bridgehead atoms. The number of ether oxygens (including phenoxy) is 2. The number of hydrogen-bond acceptors (Lipinski definition) is 9. The second kappa shape index (κ2) is 10.2. The number of carbonyl (C=O) groups excluding carboxylic acids is 1. The Kier molecular flexibility index (Phi) is 8.96. The molecule has 11 nitrogen and oxygen atoms in total. The molecule has 0 aromatic heterocycles. The van der Waals surface area contributed by atoms with E-state index in [1.165, 1.54) is 7.05 Å². The SMILES string of the molecule is CC[C@@H](O)[C@@H](O)[C@H](COC1OC(CO)C(O)C(O)C1O)NC(=O)NC. The maximum atomic E-state index is 11.5. The molecule has 0 spiro atoms. The quantitative estimate of drug-likeness (QED) is 0.213. The number of urea groups is 1. The fraction of sp³-hybridized carbons (Fsp3) is 0.929. The predicted octanol–water partition coefficient (Wildman–Crippen LogP) is -3.77. The van der Waals surface area contributed by atoms with Crippen LogP contribution >= 0.6 is 0 Å². The van der Waals surface area contributed by atoms with Gasteiger partial charge in [0.05, 0.1) is 25.4 Å². The molecule has 1 rings (SSSR count). The molecule has 1 aliphatic heterocycles. The number of carbonyl (C=O) groups is 1. The molecular formula is C14H28N2O9. The van der Waals surface area contributed by atoms with Crippen LogP contribution in [0, 0.1) is 0 Å². The van der Waals surface area contributed by atoms with Gasteiger partial charge in [0, 0.05) is 7.05 Å². The zero-order valence-corrected chi connectivity index (χ0v) is 14.1. The number of amides is 2. The Morgan fingerprint density at radius 2 is 1.84 bits per heavy atom. The Bertz CT molecular complexity index is 412. The Morgan fingerprint density at radius 1 is 1.20 bits per heavy atom. The fourth-order valence-electron chi connectivity index (χ4n) is 2.38. The van der Waals surface area contributed by atoms with Crippen LogP contribution in [0.1, 0.15) is 13.3 Å². The highest BCUT2D eigenvalue weighted by Gasteiger charge is 2.44. The van der Waals surface area contributed by atoms with Crippen molar-refractivity contribution in [2.24, 2.45) is 0 Å². The second-order valence-corrected chi connectivity index (χ2v) is 5.83. The fourth-order valence-corrected chi connectivity index (χ4v) is 2.38. The molecule has 148 valence electrons. The van der Waals surface area contributed by atoms with E-state index in [4.69, 9.17) is 14.6 Å². The summed E-state index contributed by atoms with van der Waals surface area (Å²) < 4.78 is 10.5. The van der Waals surface area contributed by atoms with Crippen molar-refractivity contribution in [3.63, 3.8) is 0 Å². The van der Waals surface area contributed by atoms with Gasteiger partial charge in [0.15, 0.2) is 6.29 Å². The lowest BCUT2D eigenvalue weighted by molar-refractivity contribution is -0.303. The van der Waals surface area contributed by atoms with E-state index < -0.39 is 61.6 Å². The van der Waals surface area contributed by atoms with Crippen molar-refractivity contribution >= 4 is 6.03 Å². The van der Waals surface area contributed by atoms with Gasteiger partial charge < -0.3 is 50.7 Å². The molecule has 8 N–H and O–H groups in total. The first-order valence-corrected chi connectivity index (χ1v) is 8.03. The number of hydrogen-bond donors (Lipinski definition) is 8. The van der Waals surface area contributed by atoms with Crippen LogP contribution in [0.15, 0.2) is 0 Å². The van der Waals surface area contributed by atoms with Crippen LogP contribution in [0.5, 0.6) is 0 Å². The summed E-state index contributed by atoms with van der Waals surface area (Å²) in [5.74, 6) is 0. The van der Waals surface area contributed by atoms with Gasteiger partial charge in [-0.05, 0) is 6.42 Å². The van der Waals surface area contributed by atoms with Gasteiger partial charge in [-0.15, -0.1) is 0 Å². The third-order valence-electron chi connectivity index (χ3n) is 4.06. The van der Waals surface area contributed by atoms with E-state index in [2.05, 4.69) is 10.6 Å². The number of aliphatic hydroxyl groups excluding tert-OH is 6. The Balaban J connectivity index is 2.75. The Labute approximate surface area is 145 Å². The van der Waals surface area contributed by atoms with Crippen LogP contribution in [0.3, 0.4) is 0 Å². The van der Waals surface area contributed by atoms with Gasteiger partial charge >= 0.3 is 6.03 Å². The van der Waals surface area contributed by atoms with E-state index in [-0.39, 0.29) is 13.0 Å². The third kappa shape index (κ3) is 5.72. The summed E-state index contributed by atoms with van der Waals surface area (Å²) >= 11 is 0. The zero-order valence-electron chi connectivity index (χ0n) is 14.1. The molecule has 8 atom stereocenters. The summed E-state index contributed by atoms with van der Waals surface area (Å²) in [6.45, 7) is 0.666. The van der Waals surface area contributed by atoms with Gasteiger partial charge in [-0.25, -0.2) is 4.79 Å². The average Bonchev–Trinajstić information content (AvgIpc) is 2.62. The minimum atomic E-state index is -1.60. The minimum absolute atomic E-state index is 0.229. The van der Waals surface area contributed by atoms with E-state index in [0.717, 1.165) is 0 Å². The molecule has 11 heteroatoms. The van der Waals surface area contributed by atoms with Crippen molar-refractivity contribution in [2.75, 3.05) is 20.3 Å². The van der Waals surface area contributed by atoms with Crippen LogP contribution in [-0.4, -0.2) is 106 Å². The highest BCUT2D eigenvalue weighted by Crippen LogP contribution is 2.22. The predicted molar refractivity (Wildman–Crippen MR) is 83.4 cm³/mol. The maximum Gasteiger partial charge on any atom is 0.314 e. The maximum absolute atomic E-state index is 11.5. The molecule has 1 saturated heterocycles. The highest BCUT2D eigenvalue weighted by molar-refractivity contribution is 5.73. The molecule has 2 amide bonds. The highest BCUT2D eigenvalue weighted by atomic mass is 16.7. The average molecular weight is 368 g/mol. The number of nitrogens with one attached hydrogen (secondary N) is 2. The van der Waals surface area contributed by atoms with Gasteiger partial charge in [-0.1, -0.05) is 6.92 Å². The largest absolute Gasteiger partial charge is 0.394 e. The molecule has 0 aromatic carbocycles. The lowest BCUT2D eigenvalue weighted by atomic mass is 9.99. The van der Waals surface area contributed by atoms with Crippen molar-refractivity contribution in [1.82, 2.24) is 10.6 Å². The Hall–Kier alpha value is -1.05. The lowest BCUT2D eigenvalue weighted by Gasteiger charge is -2.40. The van der Waals surface area contributed by atoms with E-state index in [9.17, 15) is 30.3 Å². The topological polar surface area (TPSA) is 181 Å². The van der Waals surface area contributed by atoms with E-state index in [0.29, 0.717) is 0 Å². The van der Waals surface area contributed by atoms with Gasteiger partial charge in [-0.3, -0.25) is 0 Å². The molecular weight excluding hydrogens is 340 g/mol. The normalized spacial score (nSPS) is 33.4. The van der Waals surface area contributed by atoms with Crippen LogP contribution in [0.4, 0.5) is 4.79 Å². The van der Waals surface area contributed by atoms with Gasteiger partial charge in [0.1, 0.15) is 30.5 Å². The third-order valence-corrected chi connectivity index (χ3v) is 4.06. The zero-order chi connectivity index (χ0) is 19.1. The second-order valence-electron chi connectivity index (χ2n) is 5.83. The van der Waals surface area contributed by atoms with Crippen molar-refractivity contribution < 1.29 is 44.9 Å². The first kappa shape index (κ1) is 22.0. The minimum Gasteiger partial charge on any atom is -0.394 e. The molecule has 0 radical (unpaired) electrons. The number of rotatable bonds is 8. The molecule has 1 fully saturated rings. The molecule has 1 heterocycles. The van der Waals surface area contributed by atoms with Crippen molar-refractivity contribution in [1.29, 1.82) is 0 Å². The summed E-state index contributed by atoms with van der Waals surface area (Å²) in [5.41, 5.74) is 0. The van der Waals surface area contributed by atoms with E-state index in [1.54, 1.807) is 6.92 Å². The molecule has 25 heavy (non-hydrogen) atoms. The molecule has 5 unspecified atom stereocenters. The van der Waals surface area contributed by atoms with Gasteiger partial charge in [-0.2, -0.15) is 0 Å². The Morgan fingerprint density at radius 3 is 2.36 bits per heavy atom.